The third kappa shape index (κ3) is 2.91. The molecular weight excluding hydrogens is 278 g/mol. The molecule has 0 spiro atoms. The zero-order valence-corrected chi connectivity index (χ0v) is 12.6. The van der Waals surface area contributed by atoms with E-state index in [0.29, 0.717) is 18.3 Å². The van der Waals surface area contributed by atoms with E-state index in [9.17, 15) is 0 Å². The summed E-state index contributed by atoms with van der Waals surface area (Å²) in [5.41, 5.74) is 1.33. The number of hydrogen-bond acceptors (Lipinski definition) is 5. The molecule has 1 aromatic heterocycles. The molecule has 2 fully saturated rings. The molecule has 1 saturated carbocycles. The van der Waals surface area contributed by atoms with Crippen LogP contribution in [-0.4, -0.2) is 34.7 Å². The molecule has 0 bridgehead atoms. The van der Waals surface area contributed by atoms with E-state index >= 15 is 0 Å². The second-order valence-corrected chi connectivity index (χ2v) is 6.20. The molecule has 22 heavy (non-hydrogen) atoms. The van der Waals surface area contributed by atoms with E-state index in [2.05, 4.69) is 39.3 Å². The van der Waals surface area contributed by atoms with Gasteiger partial charge in [-0.1, -0.05) is 41.9 Å². The Morgan fingerprint density at radius 3 is 2.82 bits per heavy atom. The fraction of sp³-hybridized carbons (Fsp3) is 0.529. The van der Waals surface area contributed by atoms with Gasteiger partial charge in [0.05, 0.1) is 6.61 Å². The molecule has 2 heterocycles. The van der Waals surface area contributed by atoms with Gasteiger partial charge in [0.2, 0.25) is 11.7 Å². The van der Waals surface area contributed by atoms with Crippen LogP contribution in [0.15, 0.2) is 34.9 Å². The molecule has 1 saturated heterocycles. The largest absolute Gasteiger partial charge is 0.367 e. The summed E-state index contributed by atoms with van der Waals surface area (Å²) in [7, 11) is 0. The van der Waals surface area contributed by atoms with Crippen molar-refractivity contribution < 1.29 is 9.26 Å². The van der Waals surface area contributed by atoms with E-state index in [-0.39, 0.29) is 6.10 Å². The lowest BCUT2D eigenvalue weighted by molar-refractivity contribution is -0.0380. The second-order valence-electron chi connectivity index (χ2n) is 6.20. The standard InChI is InChI=1S/C17H21N3O2/c1-2-5-13(6-3-1)11-20-9-10-21-15(12-20)16-18-17(22-19-16)14-7-4-8-14/h1-3,5-6,14-15H,4,7-12H2. The van der Waals surface area contributed by atoms with E-state index in [4.69, 9.17) is 9.26 Å². The lowest BCUT2D eigenvalue weighted by Gasteiger charge is -2.31. The number of rotatable bonds is 4. The highest BCUT2D eigenvalue weighted by Gasteiger charge is 2.30. The molecule has 5 heteroatoms. The molecule has 1 atom stereocenters. The highest BCUT2D eigenvalue weighted by Crippen LogP contribution is 2.35. The summed E-state index contributed by atoms with van der Waals surface area (Å²) in [6.07, 6.45) is 3.54. The molecule has 4 rings (SSSR count). The van der Waals surface area contributed by atoms with Gasteiger partial charge in [-0.05, 0) is 18.4 Å². The Morgan fingerprint density at radius 1 is 1.18 bits per heavy atom. The SMILES string of the molecule is c1ccc(CN2CCOC(c3noc(C4CCC4)n3)C2)cc1. The summed E-state index contributed by atoms with van der Waals surface area (Å²) in [5, 5.41) is 4.15. The van der Waals surface area contributed by atoms with Crippen LogP contribution in [0.25, 0.3) is 0 Å². The van der Waals surface area contributed by atoms with Gasteiger partial charge in [-0.15, -0.1) is 0 Å². The Morgan fingerprint density at radius 2 is 2.05 bits per heavy atom. The van der Waals surface area contributed by atoms with Crippen LogP contribution in [0.4, 0.5) is 0 Å². The summed E-state index contributed by atoms with van der Waals surface area (Å²) >= 11 is 0. The van der Waals surface area contributed by atoms with Crippen molar-refractivity contribution in [1.29, 1.82) is 0 Å². The van der Waals surface area contributed by atoms with Gasteiger partial charge in [-0.25, -0.2) is 0 Å². The fourth-order valence-electron chi connectivity index (χ4n) is 3.04. The Labute approximate surface area is 130 Å². The number of benzene rings is 1. The van der Waals surface area contributed by atoms with Gasteiger partial charge >= 0.3 is 0 Å². The zero-order chi connectivity index (χ0) is 14.8. The van der Waals surface area contributed by atoms with Crippen molar-refractivity contribution in [2.75, 3.05) is 19.7 Å². The first-order valence-electron chi connectivity index (χ1n) is 8.10. The molecular formula is C17H21N3O2. The average Bonchev–Trinajstić information content (AvgIpc) is 2.96. The molecule has 1 unspecified atom stereocenters. The van der Waals surface area contributed by atoms with Crippen molar-refractivity contribution in [3.05, 3.63) is 47.6 Å². The minimum absolute atomic E-state index is 0.0740. The number of nitrogens with zero attached hydrogens (tertiary/aromatic N) is 3. The first-order chi connectivity index (χ1) is 10.9. The van der Waals surface area contributed by atoms with E-state index in [1.54, 1.807) is 0 Å². The summed E-state index contributed by atoms with van der Waals surface area (Å²) in [5.74, 6) is 1.98. The Kier molecular flexibility index (Phi) is 3.91. The van der Waals surface area contributed by atoms with Crippen molar-refractivity contribution >= 4 is 0 Å². The van der Waals surface area contributed by atoms with Gasteiger partial charge in [0.15, 0.2) is 0 Å². The predicted molar refractivity (Wildman–Crippen MR) is 81.3 cm³/mol. The summed E-state index contributed by atoms with van der Waals surface area (Å²) in [6.45, 7) is 3.41. The van der Waals surface area contributed by atoms with Gasteiger partial charge in [0.25, 0.3) is 0 Å². The van der Waals surface area contributed by atoms with Crippen LogP contribution in [0.1, 0.15) is 48.6 Å². The molecule has 2 aliphatic rings. The third-order valence-electron chi connectivity index (χ3n) is 4.60. The van der Waals surface area contributed by atoms with Crippen LogP contribution < -0.4 is 0 Å². The monoisotopic (exact) mass is 299 g/mol. The quantitative estimate of drug-likeness (QED) is 0.869. The van der Waals surface area contributed by atoms with Gasteiger partial charge in [0, 0.05) is 25.6 Å². The molecule has 0 radical (unpaired) electrons. The van der Waals surface area contributed by atoms with Crippen LogP contribution in [-0.2, 0) is 11.3 Å². The van der Waals surface area contributed by atoms with E-state index in [0.717, 1.165) is 25.5 Å². The average molecular weight is 299 g/mol. The first-order valence-corrected chi connectivity index (χ1v) is 8.10. The Hall–Kier alpha value is -1.72. The van der Waals surface area contributed by atoms with Crippen molar-refractivity contribution in [3.63, 3.8) is 0 Å². The maximum Gasteiger partial charge on any atom is 0.229 e. The molecule has 0 N–H and O–H groups in total. The zero-order valence-electron chi connectivity index (χ0n) is 12.6. The van der Waals surface area contributed by atoms with Gasteiger partial charge in [0.1, 0.15) is 6.10 Å². The van der Waals surface area contributed by atoms with E-state index in [1.807, 2.05) is 6.07 Å². The number of ether oxygens (including phenoxy) is 1. The molecule has 5 nitrogen and oxygen atoms in total. The highest BCUT2D eigenvalue weighted by molar-refractivity contribution is 5.14. The topological polar surface area (TPSA) is 51.4 Å². The first kappa shape index (κ1) is 13.9. The molecule has 1 aliphatic heterocycles. The fourth-order valence-corrected chi connectivity index (χ4v) is 3.04. The normalized spacial score (nSPS) is 23.4. The smallest absolute Gasteiger partial charge is 0.229 e. The summed E-state index contributed by atoms with van der Waals surface area (Å²) < 4.78 is 11.3. The van der Waals surface area contributed by atoms with Gasteiger partial charge in [-0.3, -0.25) is 4.90 Å². The van der Waals surface area contributed by atoms with Crippen LogP contribution in [0, 0.1) is 0 Å². The number of hydrogen-bond donors (Lipinski definition) is 0. The number of morpholine rings is 1. The van der Waals surface area contributed by atoms with E-state index in [1.165, 1.54) is 24.8 Å². The predicted octanol–water partition coefficient (Wildman–Crippen LogP) is 2.91. The van der Waals surface area contributed by atoms with E-state index < -0.39 is 0 Å². The minimum atomic E-state index is -0.0740. The van der Waals surface area contributed by atoms with Gasteiger partial charge < -0.3 is 9.26 Å². The molecule has 2 aromatic rings. The molecule has 1 aliphatic carbocycles. The van der Waals surface area contributed by atoms with Crippen LogP contribution >= 0.6 is 0 Å². The minimum Gasteiger partial charge on any atom is -0.367 e. The van der Waals surface area contributed by atoms with Crippen LogP contribution in [0.3, 0.4) is 0 Å². The van der Waals surface area contributed by atoms with Crippen molar-refractivity contribution in [2.24, 2.45) is 0 Å². The second kappa shape index (κ2) is 6.18. The molecule has 116 valence electrons. The Balaban J connectivity index is 1.41. The molecule has 0 amide bonds. The lowest BCUT2D eigenvalue weighted by atomic mass is 9.85. The lowest BCUT2D eigenvalue weighted by Crippen LogP contribution is -2.38. The van der Waals surface area contributed by atoms with Crippen molar-refractivity contribution in [2.45, 2.75) is 37.8 Å². The van der Waals surface area contributed by atoms with Crippen LogP contribution in [0.5, 0.6) is 0 Å². The van der Waals surface area contributed by atoms with Crippen molar-refractivity contribution in [1.82, 2.24) is 15.0 Å². The molecule has 1 aromatic carbocycles. The number of aromatic nitrogens is 2. The van der Waals surface area contributed by atoms with Crippen molar-refractivity contribution in [3.8, 4) is 0 Å². The highest BCUT2D eigenvalue weighted by atomic mass is 16.5. The summed E-state index contributed by atoms with van der Waals surface area (Å²) in [6, 6.07) is 10.5. The van der Waals surface area contributed by atoms with Crippen LogP contribution in [0.2, 0.25) is 0 Å². The summed E-state index contributed by atoms with van der Waals surface area (Å²) in [4.78, 5) is 6.96. The maximum atomic E-state index is 5.85. The third-order valence-corrected chi connectivity index (χ3v) is 4.60. The Bertz CT molecular complexity index is 609. The maximum absolute atomic E-state index is 5.85. The van der Waals surface area contributed by atoms with Gasteiger partial charge in [-0.2, -0.15) is 4.98 Å².